The van der Waals surface area contributed by atoms with Gasteiger partial charge < -0.3 is 9.30 Å². The predicted molar refractivity (Wildman–Crippen MR) is 133 cm³/mol. The number of thiazole rings is 1. The first-order valence-electron chi connectivity index (χ1n) is 10.5. The van der Waals surface area contributed by atoms with E-state index in [0.717, 1.165) is 17.6 Å². The van der Waals surface area contributed by atoms with Gasteiger partial charge in [0.25, 0.3) is 0 Å². The molecule has 0 saturated heterocycles. The Morgan fingerprint density at radius 3 is 2.34 bits per heavy atom. The minimum atomic E-state index is -3.59. The maximum absolute atomic E-state index is 12.5. The van der Waals surface area contributed by atoms with Crippen molar-refractivity contribution in [2.45, 2.75) is 36.1 Å². The number of hydrogen-bond donors (Lipinski definition) is 0. The number of ether oxygens (including phenoxy) is 1. The summed E-state index contributed by atoms with van der Waals surface area (Å²) in [7, 11) is -7.05. The van der Waals surface area contributed by atoms with Gasteiger partial charge >= 0.3 is 5.97 Å². The summed E-state index contributed by atoms with van der Waals surface area (Å²) in [5.74, 6) is -1.35. The van der Waals surface area contributed by atoms with E-state index in [2.05, 4.69) is 4.99 Å². The van der Waals surface area contributed by atoms with Gasteiger partial charge in [-0.25, -0.2) is 16.8 Å². The van der Waals surface area contributed by atoms with Gasteiger partial charge in [0.2, 0.25) is 5.91 Å². The number of fused-ring (bicyclic) bond motifs is 1. The van der Waals surface area contributed by atoms with E-state index in [0.29, 0.717) is 15.2 Å². The van der Waals surface area contributed by atoms with Crippen molar-refractivity contribution in [1.29, 1.82) is 0 Å². The lowest BCUT2D eigenvalue weighted by molar-refractivity contribution is -0.143. The number of hydrogen-bond acceptors (Lipinski definition) is 8. The fraction of sp³-hybridized carbons (Fsp3) is 0.318. The molecule has 9 nitrogen and oxygen atoms in total. The van der Waals surface area contributed by atoms with E-state index in [1.54, 1.807) is 13.0 Å². The molecule has 0 radical (unpaired) electrons. The third kappa shape index (κ3) is 7.00. The van der Waals surface area contributed by atoms with Crippen LogP contribution in [0.15, 0.2) is 57.2 Å². The van der Waals surface area contributed by atoms with Crippen molar-refractivity contribution in [3.05, 3.63) is 52.3 Å². The first kappa shape index (κ1) is 27.1. The predicted octanol–water partition coefficient (Wildman–Crippen LogP) is 3.00. The third-order valence-electron chi connectivity index (χ3n) is 4.87. The van der Waals surface area contributed by atoms with Crippen molar-refractivity contribution in [3.63, 3.8) is 0 Å². The normalized spacial score (nSPS) is 12.7. The van der Waals surface area contributed by atoms with Crippen molar-refractivity contribution < 1.29 is 31.2 Å². The van der Waals surface area contributed by atoms with Crippen LogP contribution in [0.3, 0.4) is 0 Å². The van der Waals surface area contributed by atoms with Crippen LogP contribution >= 0.6 is 22.9 Å². The second-order valence-electron chi connectivity index (χ2n) is 7.56. The highest BCUT2D eigenvalue weighted by atomic mass is 35.5. The van der Waals surface area contributed by atoms with Gasteiger partial charge in [-0.15, -0.1) is 0 Å². The second-order valence-corrected chi connectivity index (χ2v) is 13.1. The van der Waals surface area contributed by atoms with Gasteiger partial charge in [-0.2, -0.15) is 4.99 Å². The van der Waals surface area contributed by atoms with Gasteiger partial charge in [-0.3, -0.25) is 9.59 Å². The number of carbonyl (C=O) groups excluding carboxylic acids is 2. The molecule has 1 heterocycles. The summed E-state index contributed by atoms with van der Waals surface area (Å²) in [6.07, 6.45) is 1.00. The third-order valence-corrected chi connectivity index (χ3v) is 9.09. The minimum Gasteiger partial charge on any atom is -0.465 e. The molecular formula is C22H23ClN2O7S3. The molecule has 0 atom stereocenters. The van der Waals surface area contributed by atoms with Crippen molar-refractivity contribution in [3.8, 4) is 0 Å². The number of sulfone groups is 2. The Labute approximate surface area is 211 Å². The first-order chi connectivity index (χ1) is 16.4. The van der Waals surface area contributed by atoms with E-state index in [9.17, 15) is 26.4 Å². The van der Waals surface area contributed by atoms with E-state index in [4.69, 9.17) is 16.3 Å². The van der Waals surface area contributed by atoms with Gasteiger partial charge in [0.05, 0.1) is 32.4 Å². The van der Waals surface area contributed by atoms with Crippen LogP contribution < -0.4 is 4.80 Å². The van der Waals surface area contributed by atoms with E-state index >= 15 is 0 Å². The summed E-state index contributed by atoms with van der Waals surface area (Å²) in [5, 5.41) is 0.418. The van der Waals surface area contributed by atoms with Crippen LogP contribution in [0.5, 0.6) is 0 Å². The molecule has 0 bridgehead atoms. The molecule has 2 aromatic carbocycles. The fourth-order valence-corrected chi connectivity index (χ4v) is 6.44. The van der Waals surface area contributed by atoms with Crippen LogP contribution in [0.2, 0.25) is 5.02 Å². The molecule has 0 unspecified atom stereocenters. The Morgan fingerprint density at radius 2 is 1.71 bits per heavy atom. The van der Waals surface area contributed by atoms with Crippen LogP contribution in [-0.4, -0.2) is 51.9 Å². The van der Waals surface area contributed by atoms with Crippen molar-refractivity contribution in [2.24, 2.45) is 4.99 Å². The molecule has 0 aliphatic carbocycles. The van der Waals surface area contributed by atoms with Crippen LogP contribution in [0.1, 0.15) is 19.8 Å². The zero-order chi connectivity index (χ0) is 25.8. The Bertz CT molecular complexity index is 1540. The Balaban J connectivity index is 1.86. The maximum Gasteiger partial charge on any atom is 0.326 e. The number of nitrogens with zero attached hydrogens (tertiary/aromatic N) is 2. The molecular weight excluding hydrogens is 536 g/mol. The van der Waals surface area contributed by atoms with Gasteiger partial charge in [0.1, 0.15) is 6.54 Å². The Morgan fingerprint density at radius 1 is 1.06 bits per heavy atom. The SMILES string of the molecule is CCOC(=O)Cn1c(=NC(=O)CCCS(=O)(=O)c2ccc(Cl)cc2)sc2cc(S(C)(=O)=O)ccc21. The van der Waals surface area contributed by atoms with E-state index in [-0.39, 0.29) is 46.3 Å². The van der Waals surface area contributed by atoms with E-state index in [1.807, 2.05) is 0 Å². The molecule has 3 rings (SSSR count). The van der Waals surface area contributed by atoms with Crippen LogP contribution in [0.4, 0.5) is 0 Å². The number of halogens is 1. The minimum absolute atomic E-state index is 0.0499. The number of carbonyl (C=O) groups is 2. The number of rotatable bonds is 9. The first-order valence-corrected chi connectivity index (χ1v) is 15.2. The molecule has 0 aliphatic rings. The molecule has 13 heteroatoms. The summed E-state index contributed by atoms with van der Waals surface area (Å²) >= 11 is 6.85. The highest BCUT2D eigenvalue weighted by Crippen LogP contribution is 2.22. The average molecular weight is 559 g/mol. The lowest BCUT2D eigenvalue weighted by Crippen LogP contribution is -2.23. The van der Waals surface area contributed by atoms with E-state index < -0.39 is 31.6 Å². The zero-order valence-corrected chi connectivity index (χ0v) is 22.1. The zero-order valence-electron chi connectivity index (χ0n) is 18.9. The number of benzene rings is 2. The van der Waals surface area contributed by atoms with Crippen LogP contribution in [-0.2, 0) is 40.5 Å². The highest BCUT2D eigenvalue weighted by Gasteiger charge is 2.17. The molecule has 1 amide bonds. The average Bonchev–Trinajstić information content (AvgIpc) is 3.09. The summed E-state index contributed by atoms with van der Waals surface area (Å²) in [6, 6.07) is 10.2. The fourth-order valence-electron chi connectivity index (χ4n) is 3.19. The lowest BCUT2D eigenvalue weighted by atomic mass is 10.3. The molecule has 1 aromatic heterocycles. The number of esters is 1. The van der Waals surface area contributed by atoms with Crippen LogP contribution in [0.25, 0.3) is 10.2 Å². The number of aromatic nitrogens is 1. The van der Waals surface area contributed by atoms with Crippen LogP contribution in [0, 0.1) is 0 Å². The van der Waals surface area contributed by atoms with Gasteiger partial charge in [0.15, 0.2) is 24.5 Å². The smallest absolute Gasteiger partial charge is 0.326 e. The Hall–Kier alpha value is -2.54. The topological polar surface area (TPSA) is 129 Å². The van der Waals surface area contributed by atoms with Gasteiger partial charge in [-0.1, -0.05) is 22.9 Å². The molecule has 0 N–H and O–H groups in total. The number of amides is 1. The van der Waals surface area contributed by atoms with Gasteiger partial charge in [-0.05, 0) is 55.8 Å². The molecule has 3 aromatic rings. The summed E-state index contributed by atoms with van der Waals surface area (Å²) < 4.78 is 55.8. The summed E-state index contributed by atoms with van der Waals surface area (Å²) in [6.45, 7) is 1.62. The van der Waals surface area contributed by atoms with E-state index in [1.165, 1.54) is 41.0 Å². The molecule has 0 fully saturated rings. The summed E-state index contributed by atoms with van der Waals surface area (Å²) in [4.78, 5) is 29.1. The molecule has 0 aliphatic heterocycles. The molecule has 188 valence electrons. The Kier molecular flexibility index (Phi) is 8.52. The van der Waals surface area contributed by atoms with Gasteiger partial charge in [0, 0.05) is 17.7 Å². The molecule has 0 saturated carbocycles. The lowest BCUT2D eigenvalue weighted by Gasteiger charge is -2.06. The van der Waals surface area contributed by atoms with Crippen molar-refractivity contribution >= 4 is 64.7 Å². The highest BCUT2D eigenvalue weighted by molar-refractivity contribution is 7.91. The molecule has 0 spiro atoms. The second kappa shape index (κ2) is 11.0. The molecule has 35 heavy (non-hydrogen) atoms. The largest absolute Gasteiger partial charge is 0.465 e. The van der Waals surface area contributed by atoms with Crippen molar-refractivity contribution in [1.82, 2.24) is 4.57 Å². The standard InChI is InChI=1S/C22H23ClN2O7S3/c1-3-32-21(27)14-25-18-11-10-17(34(2,28)29)13-19(18)33-22(25)24-20(26)5-4-12-35(30,31)16-8-6-15(23)7-9-16/h6-11,13H,3-5,12,14H2,1-2H3. The quantitative estimate of drug-likeness (QED) is 0.369. The summed E-state index contributed by atoms with van der Waals surface area (Å²) in [5.41, 5.74) is 0.521. The van der Waals surface area contributed by atoms with Crippen molar-refractivity contribution in [2.75, 3.05) is 18.6 Å². The monoisotopic (exact) mass is 558 g/mol. The maximum atomic E-state index is 12.5.